The van der Waals surface area contributed by atoms with Gasteiger partial charge in [0.15, 0.2) is 5.76 Å². The van der Waals surface area contributed by atoms with Crippen LogP contribution in [-0.4, -0.2) is 48.7 Å². The van der Waals surface area contributed by atoms with Crippen LogP contribution < -0.4 is 5.32 Å². The topological polar surface area (TPSA) is 54.7 Å². The van der Waals surface area contributed by atoms with Crippen LogP contribution in [0.5, 0.6) is 0 Å². The van der Waals surface area contributed by atoms with Crippen molar-refractivity contribution in [3.05, 3.63) is 24.2 Å². The predicted octanol–water partition coefficient (Wildman–Crippen LogP) is 1.90. The number of amides is 1. The van der Waals surface area contributed by atoms with Crippen molar-refractivity contribution in [2.45, 2.75) is 37.4 Å². The fraction of sp³-hybridized carbons (Fsp3) is 0.722. The Labute approximate surface area is 136 Å². The Hall–Kier alpha value is -1.33. The van der Waals surface area contributed by atoms with Crippen LogP contribution in [0.2, 0.25) is 0 Å². The average Bonchev–Trinajstić information content (AvgIpc) is 2.98. The van der Waals surface area contributed by atoms with Gasteiger partial charge in [-0.3, -0.25) is 9.69 Å². The molecule has 1 aromatic rings. The molecule has 4 fully saturated rings. The molecule has 5 rings (SSSR count). The van der Waals surface area contributed by atoms with E-state index >= 15 is 0 Å². The zero-order valence-electron chi connectivity index (χ0n) is 13.4. The number of carbonyl (C=O) groups is 1. The first-order valence-electron chi connectivity index (χ1n) is 8.95. The van der Waals surface area contributed by atoms with E-state index in [0.717, 1.165) is 25.4 Å². The summed E-state index contributed by atoms with van der Waals surface area (Å²) in [6.07, 6.45) is 7.03. The molecule has 4 heterocycles. The molecule has 4 aliphatic rings. The van der Waals surface area contributed by atoms with E-state index in [0.29, 0.717) is 30.2 Å². The zero-order valence-corrected chi connectivity index (χ0v) is 13.4. The standard InChI is InChI=1S/C18H24N2O3/c21-17(16-2-1-7-22-16)19-8-13-14-10-20(9-12-3-4-12)11-18(14)6-5-15(13)23-18/h1-2,7,12-15H,3-6,8-11H2,(H,19,21)/t13-,14+,15+,18+/m0/s1. The van der Waals surface area contributed by atoms with Gasteiger partial charge in [-0.15, -0.1) is 0 Å². The van der Waals surface area contributed by atoms with Gasteiger partial charge < -0.3 is 14.5 Å². The lowest BCUT2D eigenvalue weighted by Crippen LogP contribution is -2.41. The van der Waals surface area contributed by atoms with E-state index < -0.39 is 0 Å². The van der Waals surface area contributed by atoms with Crippen molar-refractivity contribution in [3.63, 3.8) is 0 Å². The van der Waals surface area contributed by atoms with Gasteiger partial charge in [0.05, 0.1) is 18.0 Å². The number of nitrogens with zero attached hydrogens (tertiary/aromatic N) is 1. The van der Waals surface area contributed by atoms with Crippen molar-refractivity contribution in [1.82, 2.24) is 10.2 Å². The normalized spacial score (nSPS) is 38.9. The molecule has 0 unspecified atom stereocenters. The van der Waals surface area contributed by atoms with Crippen molar-refractivity contribution in [2.75, 3.05) is 26.2 Å². The van der Waals surface area contributed by atoms with E-state index in [9.17, 15) is 4.79 Å². The number of fused-ring (bicyclic) bond motifs is 1. The minimum absolute atomic E-state index is 0.0830. The van der Waals surface area contributed by atoms with Crippen molar-refractivity contribution in [2.24, 2.45) is 17.8 Å². The van der Waals surface area contributed by atoms with E-state index in [4.69, 9.17) is 9.15 Å². The van der Waals surface area contributed by atoms with Gasteiger partial charge in [0.1, 0.15) is 0 Å². The van der Waals surface area contributed by atoms with Crippen LogP contribution in [0, 0.1) is 17.8 Å². The number of ether oxygens (including phenoxy) is 1. The highest BCUT2D eigenvalue weighted by molar-refractivity contribution is 5.91. The number of likely N-dealkylation sites (tertiary alicyclic amines) is 1. The fourth-order valence-electron chi connectivity index (χ4n) is 5.07. The molecular formula is C18H24N2O3. The Morgan fingerprint density at radius 1 is 1.39 bits per heavy atom. The lowest BCUT2D eigenvalue weighted by Gasteiger charge is -2.29. The SMILES string of the molecule is O=C(NC[C@H]1[C@H]2CN(CC3CC3)C[C@]23CC[C@H]1O3)c1ccco1. The van der Waals surface area contributed by atoms with Crippen LogP contribution in [0.15, 0.2) is 22.8 Å². The lowest BCUT2D eigenvalue weighted by molar-refractivity contribution is 0.00244. The average molecular weight is 316 g/mol. The van der Waals surface area contributed by atoms with Crippen molar-refractivity contribution < 1.29 is 13.9 Å². The molecule has 0 radical (unpaired) electrons. The highest BCUT2D eigenvalue weighted by atomic mass is 16.5. The fourth-order valence-corrected chi connectivity index (χ4v) is 5.07. The Morgan fingerprint density at radius 2 is 2.30 bits per heavy atom. The van der Waals surface area contributed by atoms with Gasteiger partial charge in [0.25, 0.3) is 5.91 Å². The number of furan rings is 1. The molecule has 5 nitrogen and oxygen atoms in total. The molecular weight excluding hydrogens is 292 g/mol. The van der Waals surface area contributed by atoms with Gasteiger partial charge in [-0.25, -0.2) is 0 Å². The maximum Gasteiger partial charge on any atom is 0.286 e. The van der Waals surface area contributed by atoms with Crippen LogP contribution in [0.4, 0.5) is 0 Å². The maximum atomic E-state index is 12.1. The molecule has 3 saturated heterocycles. The molecule has 1 aromatic heterocycles. The third-order valence-corrected chi connectivity index (χ3v) is 6.31. The van der Waals surface area contributed by atoms with Crippen molar-refractivity contribution >= 4 is 5.91 Å². The molecule has 1 saturated carbocycles. The smallest absolute Gasteiger partial charge is 0.286 e. The van der Waals surface area contributed by atoms with Crippen LogP contribution in [0.1, 0.15) is 36.2 Å². The van der Waals surface area contributed by atoms with Crippen LogP contribution >= 0.6 is 0 Å². The monoisotopic (exact) mass is 316 g/mol. The minimum atomic E-state index is -0.111. The van der Waals surface area contributed by atoms with Crippen LogP contribution in [-0.2, 0) is 4.74 Å². The first kappa shape index (κ1) is 14.1. The van der Waals surface area contributed by atoms with Gasteiger partial charge in [-0.2, -0.15) is 0 Å². The summed E-state index contributed by atoms with van der Waals surface area (Å²) in [5.41, 5.74) is 0.0830. The molecule has 124 valence electrons. The molecule has 23 heavy (non-hydrogen) atoms. The van der Waals surface area contributed by atoms with E-state index in [1.54, 1.807) is 12.1 Å². The molecule has 0 aromatic carbocycles. The van der Waals surface area contributed by atoms with E-state index in [-0.39, 0.29) is 11.5 Å². The molecule has 5 heteroatoms. The number of hydrogen-bond donors (Lipinski definition) is 1. The second-order valence-electron chi connectivity index (χ2n) is 7.85. The molecule has 3 aliphatic heterocycles. The van der Waals surface area contributed by atoms with Gasteiger partial charge in [0, 0.05) is 38.0 Å². The largest absolute Gasteiger partial charge is 0.459 e. The maximum absolute atomic E-state index is 12.1. The molecule has 2 bridgehead atoms. The van der Waals surface area contributed by atoms with E-state index in [1.165, 1.54) is 32.1 Å². The Balaban J connectivity index is 1.25. The zero-order chi connectivity index (χ0) is 15.4. The van der Waals surface area contributed by atoms with Crippen molar-refractivity contribution in [3.8, 4) is 0 Å². The molecule has 1 N–H and O–H groups in total. The van der Waals surface area contributed by atoms with Gasteiger partial charge in [-0.1, -0.05) is 0 Å². The summed E-state index contributed by atoms with van der Waals surface area (Å²) in [4.78, 5) is 14.7. The lowest BCUT2D eigenvalue weighted by atomic mass is 9.73. The van der Waals surface area contributed by atoms with Gasteiger partial charge >= 0.3 is 0 Å². The minimum Gasteiger partial charge on any atom is -0.459 e. The molecule has 4 atom stereocenters. The summed E-state index contributed by atoms with van der Waals surface area (Å²) in [5.74, 6) is 2.24. The second kappa shape index (κ2) is 5.08. The second-order valence-corrected chi connectivity index (χ2v) is 7.85. The summed E-state index contributed by atoms with van der Waals surface area (Å²) in [6.45, 7) is 4.20. The highest BCUT2D eigenvalue weighted by Gasteiger charge is 2.62. The van der Waals surface area contributed by atoms with E-state index in [1.807, 2.05) is 0 Å². The van der Waals surface area contributed by atoms with Gasteiger partial charge in [-0.05, 0) is 43.7 Å². The quantitative estimate of drug-likeness (QED) is 0.901. The number of carbonyl (C=O) groups excluding carboxylic acids is 1. The van der Waals surface area contributed by atoms with E-state index in [2.05, 4.69) is 10.2 Å². The number of rotatable bonds is 5. The van der Waals surface area contributed by atoms with Gasteiger partial charge in [0.2, 0.25) is 0 Å². The van der Waals surface area contributed by atoms with Crippen LogP contribution in [0.3, 0.4) is 0 Å². The Morgan fingerprint density at radius 3 is 3.09 bits per heavy atom. The molecule has 1 spiro atoms. The molecule has 1 amide bonds. The Bertz CT molecular complexity index is 597. The number of hydrogen-bond acceptors (Lipinski definition) is 4. The summed E-state index contributed by atoms with van der Waals surface area (Å²) in [5, 5.41) is 3.06. The van der Waals surface area contributed by atoms with Crippen LogP contribution in [0.25, 0.3) is 0 Å². The first-order valence-corrected chi connectivity index (χ1v) is 8.95. The highest BCUT2D eigenvalue weighted by Crippen LogP contribution is 2.55. The Kier molecular flexibility index (Phi) is 3.10. The third kappa shape index (κ3) is 2.32. The summed E-state index contributed by atoms with van der Waals surface area (Å²) >= 11 is 0. The predicted molar refractivity (Wildman–Crippen MR) is 84.0 cm³/mol. The summed E-state index contributed by atoms with van der Waals surface area (Å²) in [6, 6.07) is 3.46. The summed E-state index contributed by atoms with van der Waals surface area (Å²) < 4.78 is 11.6. The van der Waals surface area contributed by atoms with Crippen molar-refractivity contribution in [1.29, 1.82) is 0 Å². The third-order valence-electron chi connectivity index (χ3n) is 6.31. The number of nitrogens with one attached hydrogen (secondary N) is 1. The molecule has 1 aliphatic carbocycles. The first-order chi connectivity index (χ1) is 11.2. The summed E-state index contributed by atoms with van der Waals surface area (Å²) in [7, 11) is 0.